The molecule has 2 saturated heterocycles. The van der Waals surface area contributed by atoms with Gasteiger partial charge in [-0.2, -0.15) is 0 Å². The number of carbonyl (C=O) groups is 5. The summed E-state index contributed by atoms with van der Waals surface area (Å²) < 4.78 is 27.3. The molecule has 0 amide bonds. The monoisotopic (exact) mass is 490 g/mol. The zero-order valence-electron chi connectivity index (χ0n) is 19.4. The zero-order chi connectivity index (χ0) is 25.3. The fraction of sp³-hybridized carbons (Fsp3) is 0.625. The Kier molecular flexibility index (Phi) is 5.31. The molecule has 0 aromatic carbocycles. The SMILES string of the molecule is CC(=O)O[C@H]1C=C[C@@H]2C(=O)OC[C@@]23CC[C@@H]2C(=O)O[C@H](C4=CC(O)OC4=O)[C@@H](OC(C)=O)[C@@]2(C)[C@H]13. The van der Waals surface area contributed by atoms with Crippen molar-refractivity contribution in [2.75, 3.05) is 6.61 Å². The Morgan fingerprint density at radius 3 is 2.40 bits per heavy atom. The maximum absolute atomic E-state index is 13.3. The second kappa shape index (κ2) is 7.91. The van der Waals surface area contributed by atoms with Gasteiger partial charge in [0.1, 0.15) is 12.2 Å². The maximum Gasteiger partial charge on any atom is 0.340 e. The average Bonchev–Trinajstić information content (AvgIpc) is 3.27. The van der Waals surface area contributed by atoms with Gasteiger partial charge in [0.25, 0.3) is 0 Å². The summed E-state index contributed by atoms with van der Waals surface area (Å²) in [7, 11) is 0. The summed E-state index contributed by atoms with van der Waals surface area (Å²) in [6, 6.07) is 0. The van der Waals surface area contributed by atoms with Crippen LogP contribution in [0.4, 0.5) is 0 Å². The quantitative estimate of drug-likeness (QED) is 0.331. The predicted molar refractivity (Wildman–Crippen MR) is 112 cm³/mol. The molecule has 3 aliphatic heterocycles. The van der Waals surface area contributed by atoms with Crippen LogP contribution in [0.2, 0.25) is 0 Å². The van der Waals surface area contributed by atoms with Crippen molar-refractivity contribution in [3.8, 4) is 0 Å². The summed E-state index contributed by atoms with van der Waals surface area (Å²) in [4.78, 5) is 62.8. The first-order chi connectivity index (χ1) is 16.5. The van der Waals surface area contributed by atoms with E-state index in [1.54, 1.807) is 19.1 Å². The lowest BCUT2D eigenvalue weighted by Crippen LogP contribution is -2.69. The van der Waals surface area contributed by atoms with Gasteiger partial charge in [-0.15, -0.1) is 0 Å². The lowest BCUT2D eigenvalue weighted by atomic mass is 9.43. The van der Waals surface area contributed by atoms with E-state index in [4.69, 9.17) is 23.7 Å². The molecule has 9 atom stereocenters. The van der Waals surface area contributed by atoms with Crippen molar-refractivity contribution in [1.82, 2.24) is 0 Å². The average molecular weight is 490 g/mol. The Balaban J connectivity index is 1.70. The first kappa shape index (κ1) is 23.5. The molecule has 5 aliphatic rings. The van der Waals surface area contributed by atoms with Crippen molar-refractivity contribution in [3.05, 3.63) is 23.8 Å². The van der Waals surface area contributed by atoms with Crippen LogP contribution in [0.25, 0.3) is 0 Å². The van der Waals surface area contributed by atoms with E-state index in [1.807, 2.05) is 0 Å². The number of cyclic esters (lactones) is 3. The van der Waals surface area contributed by atoms with Crippen LogP contribution in [-0.2, 0) is 47.7 Å². The van der Waals surface area contributed by atoms with E-state index < -0.39 is 83.0 Å². The van der Waals surface area contributed by atoms with Gasteiger partial charge >= 0.3 is 29.8 Å². The van der Waals surface area contributed by atoms with Crippen LogP contribution in [0.15, 0.2) is 23.8 Å². The third-order valence-electron chi connectivity index (χ3n) is 8.22. The standard InChI is InChI=1S/C24H26O11/c1-10(25)32-15-5-4-14-21(29)31-9-24(14)7-6-13-22(30)35-17(12-8-16(27)34-20(12)28)19(33-11(2)26)23(13,3)18(15)24/h4-5,8,13-19,27H,6-7,9H2,1-3H3/t13-,14-,15+,16?,17-,18+,19-,23-,24+/m1/s1. The number of aliphatic hydroxyl groups is 1. The molecular weight excluding hydrogens is 464 g/mol. The molecule has 11 nitrogen and oxygen atoms in total. The topological polar surface area (TPSA) is 152 Å². The van der Waals surface area contributed by atoms with E-state index in [1.165, 1.54) is 13.8 Å². The third-order valence-corrected chi connectivity index (χ3v) is 8.22. The summed E-state index contributed by atoms with van der Waals surface area (Å²) >= 11 is 0. The summed E-state index contributed by atoms with van der Waals surface area (Å²) in [6.45, 7) is 4.22. The van der Waals surface area contributed by atoms with Gasteiger partial charge in [-0.25, -0.2) is 4.79 Å². The molecule has 11 heteroatoms. The summed E-state index contributed by atoms with van der Waals surface area (Å²) in [6.07, 6.45) is 0.150. The van der Waals surface area contributed by atoms with Gasteiger partial charge in [-0.3, -0.25) is 19.2 Å². The predicted octanol–water partition coefficient (Wildman–Crippen LogP) is 0.338. The minimum atomic E-state index is -1.53. The van der Waals surface area contributed by atoms with Gasteiger partial charge in [0.15, 0.2) is 6.10 Å². The van der Waals surface area contributed by atoms with Gasteiger partial charge < -0.3 is 28.8 Å². The molecule has 0 aromatic heterocycles. The van der Waals surface area contributed by atoms with E-state index in [2.05, 4.69) is 0 Å². The Hall–Kier alpha value is -3.21. The molecule has 2 aliphatic carbocycles. The summed E-state index contributed by atoms with van der Waals surface area (Å²) in [5, 5.41) is 9.82. The minimum absolute atomic E-state index is 0.0432. The first-order valence-electron chi connectivity index (χ1n) is 11.5. The van der Waals surface area contributed by atoms with E-state index in [0.717, 1.165) is 6.08 Å². The molecular formula is C24H26O11. The Bertz CT molecular complexity index is 1080. The second-order valence-corrected chi connectivity index (χ2v) is 10.0. The van der Waals surface area contributed by atoms with Gasteiger partial charge in [-0.05, 0) is 25.0 Å². The molecule has 3 fully saturated rings. The van der Waals surface area contributed by atoms with Crippen molar-refractivity contribution in [1.29, 1.82) is 0 Å². The summed E-state index contributed by atoms with van der Waals surface area (Å²) in [5.41, 5.74) is -2.22. The highest BCUT2D eigenvalue weighted by Crippen LogP contribution is 2.66. The number of ether oxygens (including phenoxy) is 5. The van der Waals surface area contributed by atoms with Crippen molar-refractivity contribution in [3.63, 3.8) is 0 Å². The first-order valence-corrected chi connectivity index (χ1v) is 11.5. The van der Waals surface area contributed by atoms with Crippen LogP contribution in [-0.4, -0.2) is 66.2 Å². The fourth-order valence-electron chi connectivity index (χ4n) is 7.01. The zero-order valence-corrected chi connectivity index (χ0v) is 19.4. The maximum atomic E-state index is 13.3. The van der Waals surface area contributed by atoms with E-state index >= 15 is 0 Å². The van der Waals surface area contributed by atoms with Crippen molar-refractivity contribution < 1.29 is 52.8 Å². The van der Waals surface area contributed by atoms with Crippen molar-refractivity contribution >= 4 is 29.8 Å². The number of rotatable bonds is 3. The van der Waals surface area contributed by atoms with Crippen LogP contribution in [0.5, 0.6) is 0 Å². The number of carbonyl (C=O) groups excluding carboxylic acids is 5. The molecule has 1 saturated carbocycles. The number of aliphatic hydroxyl groups excluding tert-OH is 1. The van der Waals surface area contributed by atoms with Gasteiger partial charge in [0.05, 0.1) is 24.0 Å². The molecule has 1 N–H and O–H groups in total. The molecule has 0 radical (unpaired) electrons. The highest BCUT2D eigenvalue weighted by atomic mass is 16.6. The molecule has 0 aromatic rings. The van der Waals surface area contributed by atoms with Crippen LogP contribution < -0.4 is 0 Å². The molecule has 1 unspecified atom stereocenters. The molecule has 1 spiro atoms. The number of hydrogen-bond acceptors (Lipinski definition) is 11. The molecule has 188 valence electrons. The molecule has 35 heavy (non-hydrogen) atoms. The highest BCUT2D eigenvalue weighted by Gasteiger charge is 2.73. The second-order valence-electron chi connectivity index (χ2n) is 10.0. The number of esters is 5. The van der Waals surface area contributed by atoms with Gasteiger partial charge in [0, 0.05) is 30.6 Å². The third kappa shape index (κ3) is 3.31. The fourth-order valence-corrected chi connectivity index (χ4v) is 7.01. The highest BCUT2D eigenvalue weighted by molar-refractivity contribution is 5.93. The normalized spacial score (nSPS) is 43.6. The largest absolute Gasteiger partial charge is 0.465 e. The lowest BCUT2D eigenvalue weighted by Gasteiger charge is -2.62. The van der Waals surface area contributed by atoms with Crippen molar-refractivity contribution in [2.45, 2.75) is 58.2 Å². The Morgan fingerprint density at radius 2 is 1.77 bits per heavy atom. The van der Waals surface area contributed by atoms with Crippen molar-refractivity contribution in [2.24, 2.45) is 28.6 Å². The number of hydrogen-bond donors (Lipinski definition) is 1. The Morgan fingerprint density at radius 1 is 1.06 bits per heavy atom. The van der Waals surface area contributed by atoms with E-state index in [-0.39, 0.29) is 12.2 Å². The molecule has 0 bridgehead atoms. The molecule has 5 rings (SSSR count). The Labute approximate surface area is 200 Å². The smallest absolute Gasteiger partial charge is 0.340 e. The van der Waals surface area contributed by atoms with Crippen LogP contribution in [0.1, 0.15) is 33.6 Å². The van der Waals surface area contributed by atoms with Crippen LogP contribution in [0.3, 0.4) is 0 Å². The summed E-state index contributed by atoms with van der Waals surface area (Å²) in [5.74, 6) is -5.31. The van der Waals surface area contributed by atoms with Crippen LogP contribution >= 0.6 is 0 Å². The lowest BCUT2D eigenvalue weighted by molar-refractivity contribution is -0.245. The molecule has 3 heterocycles. The van der Waals surface area contributed by atoms with E-state index in [0.29, 0.717) is 12.8 Å². The number of fused-ring (bicyclic) bond motifs is 2. The van der Waals surface area contributed by atoms with Gasteiger partial charge in [-0.1, -0.05) is 13.0 Å². The van der Waals surface area contributed by atoms with E-state index in [9.17, 15) is 29.1 Å². The van der Waals surface area contributed by atoms with Crippen LogP contribution in [0, 0.1) is 28.6 Å². The minimum Gasteiger partial charge on any atom is -0.465 e. The van der Waals surface area contributed by atoms with Gasteiger partial charge in [0.2, 0.25) is 6.29 Å².